The number of pyridine rings is 1. The third kappa shape index (κ3) is 3.61. The first kappa shape index (κ1) is 15.1. The van der Waals surface area contributed by atoms with Gasteiger partial charge in [0.2, 0.25) is 0 Å². The van der Waals surface area contributed by atoms with Crippen molar-refractivity contribution in [3.63, 3.8) is 0 Å². The third-order valence-corrected chi connectivity index (χ3v) is 2.90. The van der Waals surface area contributed by atoms with Crippen molar-refractivity contribution in [2.75, 3.05) is 17.7 Å². The Morgan fingerprint density at radius 3 is 2.90 bits per heavy atom. The van der Waals surface area contributed by atoms with Gasteiger partial charge in [0.1, 0.15) is 17.2 Å². The largest absolute Gasteiger partial charge is 0.462 e. The molecule has 0 saturated carbocycles. The van der Waals surface area contributed by atoms with Crippen LogP contribution in [0.1, 0.15) is 17.3 Å². The van der Waals surface area contributed by atoms with Crippen molar-refractivity contribution in [2.24, 2.45) is 0 Å². The second kappa shape index (κ2) is 6.41. The van der Waals surface area contributed by atoms with Gasteiger partial charge in [-0.15, -0.1) is 0 Å². The first-order valence-electron chi connectivity index (χ1n) is 6.16. The number of aromatic nitrogens is 1. The zero-order valence-electron chi connectivity index (χ0n) is 11.2. The predicted molar refractivity (Wildman–Crippen MR) is 79.3 cm³/mol. The molecule has 0 spiro atoms. The van der Waals surface area contributed by atoms with Gasteiger partial charge in [0.15, 0.2) is 0 Å². The van der Waals surface area contributed by atoms with Crippen molar-refractivity contribution in [2.45, 2.75) is 6.92 Å². The van der Waals surface area contributed by atoms with Crippen LogP contribution in [0.4, 0.5) is 21.6 Å². The van der Waals surface area contributed by atoms with E-state index in [0.717, 1.165) is 6.07 Å². The number of nitrogens with one attached hydrogen (secondary N) is 1. The number of benzene rings is 1. The highest BCUT2D eigenvalue weighted by atomic mass is 35.5. The Labute approximate surface area is 125 Å². The van der Waals surface area contributed by atoms with Gasteiger partial charge in [-0.25, -0.2) is 14.2 Å². The maximum Gasteiger partial charge on any atom is 0.341 e. The fourth-order valence-corrected chi connectivity index (χ4v) is 1.88. The molecular formula is C14H13ClFN3O2. The molecular weight excluding hydrogens is 297 g/mol. The number of hydrogen-bond donors (Lipinski definition) is 2. The minimum absolute atomic E-state index is 0.170. The van der Waals surface area contributed by atoms with Crippen LogP contribution in [-0.2, 0) is 4.74 Å². The number of nitrogens with zero attached hydrogens (tertiary/aromatic N) is 1. The van der Waals surface area contributed by atoms with Gasteiger partial charge in [-0.05, 0) is 31.2 Å². The number of carbonyl (C=O) groups excluding carboxylic acids is 1. The van der Waals surface area contributed by atoms with Crippen molar-refractivity contribution < 1.29 is 13.9 Å². The van der Waals surface area contributed by atoms with Crippen LogP contribution in [0.2, 0.25) is 5.02 Å². The fourth-order valence-electron chi connectivity index (χ4n) is 1.66. The molecule has 2 rings (SSSR count). The Morgan fingerprint density at radius 2 is 2.24 bits per heavy atom. The average molecular weight is 310 g/mol. The highest BCUT2D eigenvalue weighted by molar-refractivity contribution is 6.33. The summed E-state index contributed by atoms with van der Waals surface area (Å²) >= 11 is 5.93. The Hall–Kier alpha value is -2.34. The van der Waals surface area contributed by atoms with Gasteiger partial charge < -0.3 is 15.8 Å². The number of halogens is 2. The van der Waals surface area contributed by atoms with Gasteiger partial charge in [0.25, 0.3) is 0 Å². The normalized spacial score (nSPS) is 10.2. The third-order valence-electron chi connectivity index (χ3n) is 2.59. The van der Waals surface area contributed by atoms with Gasteiger partial charge in [-0.2, -0.15) is 0 Å². The fraction of sp³-hybridized carbons (Fsp3) is 0.143. The van der Waals surface area contributed by atoms with Crippen molar-refractivity contribution in [3.05, 3.63) is 46.9 Å². The first-order valence-corrected chi connectivity index (χ1v) is 6.53. The Bertz CT molecular complexity index is 679. The Morgan fingerprint density at radius 1 is 1.48 bits per heavy atom. The quantitative estimate of drug-likeness (QED) is 0.847. The molecule has 0 unspecified atom stereocenters. The van der Waals surface area contributed by atoms with Crippen LogP contribution in [0.25, 0.3) is 0 Å². The van der Waals surface area contributed by atoms with Crippen LogP contribution in [0, 0.1) is 5.82 Å². The van der Waals surface area contributed by atoms with E-state index in [0.29, 0.717) is 11.4 Å². The standard InChI is InChI=1S/C14H13ClFN3O2/c1-2-21-14(20)10-6-9(17)7-18-13(10)19-12-4-3-8(16)5-11(12)15/h3-7H,2,17H2,1H3,(H,18,19). The lowest BCUT2D eigenvalue weighted by Crippen LogP contribution is -2.10. The second-order valence-electron chi connectivity index (χ2n) is 4.13. The summed E-state index contributed by atoms with van der Waals surface area (Å²) in [6.45, 7) is 1.92. The molecule has 1 heterocycles. The molecule has 1 aromatic heterocycles. The molecule has 0 fully saturated rings. The molecule has 0 amide bonds. The van der Waals surface area contributed by atoms with Crippen LogP contribution in [0.15, 0.2) is 30.5 Å². The van der Waals surface area contributed by atoms with E-state index in [1.807, 2.05) is 0 Å². The Kier molecular flexibility index (Phi) is 4.59. The number of anilines is 3. The minimum atomic E-state index is -0.557. The van der Waals surface area contributed by atoms with Gasteiger partial charge >= 0.3 is 5.97 Å². The van der Waals surface area contributed by atoms with E-state index in [9.17, 15) is 9.18 Å². The topological polar surface area (TPSA) is 77.2 Å². The number of ether oxygens (including phenoxy) is 1. The zero-order valence-corrected chi connectivity index (χ0v) is 11.9. The molecule has 21 heavy (non-hydrogen) atoms. The van der Waals surface area contributed by atoms with E-state index in [1.165, 1.54) is 24.4 Å². The number of hydrogen-bond acceptors (Lipinski definition) is 5. The average Bonchev–Trinajstić information content (AvgIpc) is 2.43. The molecule has 0 bridgehead atoms. The first-order chi connectivity index (χ1) is 10.0. The molecule has 0 aliphatic rings. The molecule has 3 N–H and O–H groups in total. The van der Waals surface area contributed by atoms with E-state index in [4.69, 9.17) is 22.1 Å². The molecule has 0 aliphatic carbocycles. The monoisotopic (exact) mass is 309 g/mol. The molecule has 0 aliphatic heterocycles. The van der Waals surface area contributed by atoms with E-state index < -0.39 is 11.8 Å². The lowest BCUT2D eigenvalue weighted by atomic mass is 10.2. The van der Waals surface area contributed by atoms with E-state index in [1.54, 1.807) is 6.92 Å². The Balaban J connectivity index is 2.37. The van der Waals surface area contributed by atoms with E-state index >= 15 is 0 Å². The SMILES string of the molecule is CCOC(=O)c1cc(N)cnc1Nc1ccc(F)cc1Cl. The van der Waals surface area contributed by atoms with Crippen molar-refractivity contribution >= 4 is 34.8 Å². The molecule has 7 heteroatoms. The number of esters is 1. The summed E-state index contributed by atoms with van der Waals surface area (Å²) in [6, 6.07) is 5.30. The van der Waals surface area contributed by atoms with Crippen molar-refractivity contribution in [3.8, 4) is 0 Å². The molecule has 0 radical (unpaired) electrons. The van der Waals surface area contributed by atoms with Crippen molar-refractivity contribution in [1.29, 1.82) is 0 Å². The number of nitrogen functional groups attached to an aromatic ring is 1. The van der Waals surface area contributed by atoms with Gasteiger partial charge in [0.05, 0.1) is 29.2 Å². The van der Waals surface area contributed by atoms with Crippen LogP contribution in [0.3, 0.4) is 0 Å². The van der Waals surface area contributed by atoms with Gasteiger partial charge in [0, 0.05) is 0 Å². The van der Waals surface area contributed by atoms with Crippen molar-refractivity contribution in [1.82, 2.24) is 4.98 Å². The molecule has 0 atom stereocenters. The molecule has 1 aromatic carbocycles. The van der Waals surface area contributed by atoms with E-state index in [2.05, 4.69) is 10.3 Å². The minimum Gasteiger partial charge on any atom is -0.462 e. The summed E-state index contributed by atoms with van der Waals surface area (Å²) in [6.07, 6.45) is 1.39. The van der Waals surface area contributed by atoms with E-state index in [-0.39, 0.29) is 23.0 Å². The summed E-state index contributed by atoms with van der Waals surface area (Å²) in [5.41, 5.74) is 6.55. The van der Waals surface area contributed by atoms with Crippen LogP contribution < -0.4 is 11.1 Å². The predicted octanol–water partition coefficient (Wildman–Crippen LogP) is 3.38. The summed E-state index contributed by atoms with van der Waals surface area (Å²) in [5.74, 6) is -0.782. The highest BCUT2D eigenvalue weighted by Gasteiger charge is 2.15. The molecule has 0 saturated heterocycles. The lowest BCUT2D eigenvalue weighted by Gasteiger charge is -2.12. The van der Waals surface area contributed by atoms with Crippen LogP contribution >= 0.6 is 11.6 Å². The maximum atomic E-state index is 13.0. The maximum absolute atomic E-state index is 13.0. The lowest BCUT2D eigenvalue weighted by molar-refractivity contribution is 0.0527. The van der Waals surface area contributed by atoms with Gasteiger partial charge in [-0.3, -0.25) is 0 Å². The zero-order chi connectivity index (χ0) is 15.4. The molecule has 5 nitrogen and oxygen atoms in total. The summed E-state index contributed by atoms with van der Waals surface area (Å²) in [5, 5.41) is 3.04. The summed E-state index contributed by atoms with van der Waals surface area (Å²) in [4.78, 5) is 15.9. The summed E-state index contributed by atoms with van der Waals surface area (Å²) in [7, 11) is 0. The number of carbonyl (C=O) groups is 1. The van der Waals surface area contributed by atoms with Gasteiger partial charge in [-0.1, -0.05) is 11.6 Å². The van der Waals surface area contributed by atoms with Crippen LogP contribution in [-0.4, -0.2) is 17.6 Å². The smallest absolute Gasteiger partial charge is 0.341 e. The molecule has 110 valence electrons. The number of rotatable bonds is 4. The van der Waals surface area contributed by atoms with Crippen LogP contribution in [0.5, 0.6) is 0 Å². The molecule has 2 aromatic rings. The number of nitrogens with two attached hydrogens (primary N) is 1. The summed E-state index contributed by atoms with van der Waals surface area (Å²) < 4.78 is 18.0. The highest BCUT2D eigenvalue weighted by Crippen LogP contribution is 2.27. The second-order valence-corrected chi connectivity index (χ2v) is 4.54.